The summed E-state index contributed by atoms with van der Waals surface area (Å²) in [5, 5.41) is 7.33. The quantitative estimate of drug-likeness (QED) is 0.413. The molecule has 0 bridgehead atoms. The van der Waals surface area contributed by atoms with Crippen molar-refractivity contribution in [2.75, 3.05) is 49.9 Å². The molecule has 3 aliphatic rings. The Morgan fingerprint density at radius 1 is 0.895 bits per heavy atom. The highest BCUT2D eigenvalue weighted by molar-refractivity contribution is 7.89. The third-order valence-corrected chi connectivity index (χ3v) is 9.18. The van der Waals surface area contributed by atoms with E-state index in [1.807, 2.05) is 26.8 Å². The molecule has 38 heavy (non-hydrogen) atoms. The van der Waals surface area contributed by atoms with Gasteiger partial charge < -0.3 is 20.3 Å². The average Bonchev–Trinajstić information content (AvgIpc) is 3.38. The number of piperazine rings is 1. The molecule has 1 saturated heterocycles. The van der Waals surface area contributed by atoms with Crippen molar-refractivity contribution in [1.29, 1.82) is 0 Å². The van der Waals surface area contributed by atoms with Crippen LogP contribution in [0.1, 0.15) is 78.6 Å². The van der Waals surface area contributed by atoms with Crippen LogP contribution in [-0.4, -0.2) is 81.3 Å². The van der Waals surface area contributed by atoms with E-state index in [1.54, 1.807) is 17.0 Å². The summed E-state index contributed by atoms with van der Waals surface area (Å²) in [4.78, 5) is 16.5. The second kappa shape index (κ2) is 12.9. The summed E-state index contributed by atoms with van der Waals surface area (Å²) in [6, 6.07) is 6.28. The van der Waals surface area contributed by atoms with Gasteiger partial charge in [0.15, 0.2) is 0 Å². The van der Waals surface area contributed by atoms with Crippen LogP contribution in [0.25, 0.3) is 0 Å². The summed E-state index contributed by atoms with van der Waals surface area (Å²) < 4.78 is 34.6. The van der Waals surface area contributed by atoms with Gasteiger partial charge in [-0.15, -0.1) is 0 Å². The van der Waals surface area contributed by atoms with E-state index in [0.717, 1.165) is 37.1 Å². The molecule has 0 aromatic heterocycles. The topological polar surface area (TPSA) is 103 Å². The number of anilines is 2. The first-order chi connectivity index (χ1) is 18.1. The minimum atomic E-state index is -3.64. The summed E-state index contributed by atoms with van der Waals surface area (Å²) in [6.45, 7) is 9.04. The molecule has 1 heterocycles. The maximum Gasteiger partial charge on any atom is 0.410 e. The van der Waals surface area contributed by atoms with Crippen LogP contribution in [0.5, 0.6) is 0 Å². The van der Waals surface area contributed by atoms with E-state index in [4.69, 9.17) is 4.74 Å². The predicted octanol–water partition coefficient (Wildman–Crippen LogP) is 4.62. The number of hydrogen-bond acceptors (Lipinski definition) is 7. The standard InChI is InChI=1S/C28H47N5O4S/c1-28(2,3)37-27(34)33-19-17-32(18-20-33)16-15-29-38(35,36)24-13-14-25(30-22-9-5-4-6-10-22)26(21-24)31-23-11-7-8-12-23/h13-14,21-23,29-31H,4-12,15-20H2,1-3H3. The van der Waals surface area contributed by atoms with E-state index in [0.29, 0.717) is 56.2 Å². The van der Waals surface area contributed by atoms with Crippen molar-refractivity contribution >= 4 is 27.5 Å². The van der Waals surface area contributed by atoms with E-state index < -0.39 is 15.6 Å². The number of rotatable bonds is 9. The molecule has 3 fully saturated rings. The van der Waals surface area contributed by atoms with Crippen LogP contribution < -0.4 is 15.4 Å². The minimum Gasteiger partial charge on any atom is -0.444 e. The number of nitrogens with one attached hydrogen (secondary N) is 3. The van der Waals surface area contributed by atoms with Crippen molar-refractivity contribution in [3.05, 3.63) is 18.2 Å². The van der Waals surface area contributed by atoms with E-state index >= 15 is 0 Å². The van der Waals surface area contributed by atoms with Gasteiger partial charge in [-0.25, -0.2) is 17.9 Å². The van der Waals surface area contributed by atoms with Crippen molar-refractivity contribution < 1.29 is 17.9 Å². The summed E-state index contributed by atoms with van der Waals surface area (Å²) in [5.41, 5.74) is 1.39. The molecule has 4 rings (SSSR count). The lowest BCUT2D eigenvalue weighted by Crippen LogP contribution is -2.51. The molecule has 1 aromatic rings. The van der Waals surface area contributed by atoms with Crippen LogP contribution in [0.4, 0.5) is 16.2 Å². The Bertz CT molecular complexity index is 1020. The highest BCUT2D eigenvalue weighted by Gasteiger charge is 2.26. The van der Waals surface area contributed by atoms with Gasteiger partial charge in [-0.3, -0.25) is 4.90 Å². The summed E-state index contributed by atoms with van der Waals surface area (Å²) in [5.74, 6) is 0. The van der Waals surface area contributed by atoms with Gasteiger partial charge in [0, 0.05) is 51.4 Å². The number of carbonyl (C=O) groups excluding carboxylic acids is 1. The Morgan fingerprint density at radius 2 is 1.47 bits per heavy atom. The summed E-state index contributed by atoms with van der Waals surface area (Å²) in [6.07, 6.45) is 10.5. The molecule has 2 aliphatic carbocycles. The molecule has 10 heteroatoms. The van der Waals surface area contributed by atoms with Gasteiger partial charge in [-0.05, 0) is 64.7 Å². The van der Waals surface area contributed by atoms with E-state index in [2.05, 4.69) is 20.3 Å². The second-order valence-corrected chi connectivity index (χ2v) is 13.8. The molecule has 0 unspecified atom stereocenters. The number of nitrogens with zero attached hydrogens (tertiary/aromatic N) is 2. The van der Waals surface area contributed by atoms with Crippen LogP contribution in [0, 0.1) is 0 Å². The Balaban J connectivity index is 1.32. The van der Waals surface area contributed by atoms with Gasteiger partial charge in [-0.1, -0.05) is 32.1 Å². The number of amides is 1. The first-order valence-electron chi connectivity index (χ1n) is 14.5. The fourth-order valence-corrected chi connectivity index (χ4v) is 6.64. The number of carbonyl (C=O) groups is 1. The Labute approximate surface area is 229 Å². The highest BCUT2D eigenvalue weighted by atomic mass is 32.2. The summed E-state index contributed by atoms with van der Waals surface area (Å²) >= 11 is 0. The fourth-order valence-electron chi connectivity index (χ4n) is 5.59. The largest absolute Gasteiger partial charge is 0.444 e. The lowest BCUT2D eigenvalue weighted by Gasteiger charge is -2.35. The zero-order valence-corrected chi connectivity index (χ0v) is 24.2. The lowest BCUT2D eigenvalue weighted by atomic mass is 9.95. The maximum atomic E-state index is 13.2. The fraction of sp³-hybridized carbons (Fsp3) is 0.750. The van der Waals surface area contributed by atoms with E-state index in [-0.39, 0.29) is 6.09 Å². The zero-order chi connectivity index (χ0) is 27.2. The van der Waals surface area contributed by atoms with Crippen LogP contribution in [0.15, 0.2) is 23.1 Å². The van der Waals surface area contributed by atoms with Crippen molar-refractivity contribution in [3.63, 3.8) is 0 Å². The minimum absolute atomic E-state index is 0.290. The molecule has 2 saturated carbocycles. The molecule has 0 atom stereocenters. The van der Waals surface area contributed by atoms with Crippen LogP contribution in [0.2, 0.25) is 0 Å². The lowest BCUT2D eigenvalue weighted by molar-refractivity contribution is 0.0147. The van der Waals surface area contributed by atoms with Crippen molar-refractivity contribution in [2.24, 2.45) is 0 Å². The third-order valence-electron chi connectivity index (χ3n) is 7.73. The van der Waals surface area contributed by atoms with E-state index in [9.17, 15) is 13.2 Å². The Kier molecular flexibility index (Phi) is 9.81. The molecule has 3 N–H and O–H groups in total. The third kappa shape index (κ3) is 8.48. The predicted molar refractivity (Wildman–Crippen MR) is 152 cm³/mol. The van der Waals surface area contributed by atoms with Crippen molar-refractivity contribution in [2.45, 2.75) is 101 Å². The van der Waals surface area contributed by atoms with Crippen molar-refractivity contribution in [3.8, 4) is 0 Å². The molecular weight excluding hydrogens is 502 g/mol. The SMILES string of the molecule is CC(C)(C)OC(=O)N1CCN(CCNS(=O)(=O)c2ccc(NC3CCCCC3)c(NC3CCCC3)c2)CC1. The van der Waals surface area contributed by atoms with Crippen LogP contribution >= 0.6 is 0 Å². The molecule has 0 spiro atoms. The van der Waals surface area contributed by atoms with Gasteiger partial charge in [0.1, 0.15) is 5.60 Å². The number of hydrogen-bond donors (Lipinski definition) is 3. The van der Waals surface area contributed by atoms with E-state index in [1.165, 1.54) is 32.1 Å². The van der Waals surface area contributed by atoms with Gasteiger partial charge >= 0.3 is 6.09 Å². The molecule has 0 radical (unpaired) electrons. The molecule has 1 amide bonds. The Morgan fingerprint density at radius 3 is 2.08 bits per heavy atom. The zero-order valence-electron chi connectivity index (χ0n) is 23.4. The molecule has 1 aliphatic heterocycles. The number of benzene rings is 1. The van der Waals surface area contributed by atoms with Crippen LogP contribution in [0.3, 0.4) is 0 Å². The number of ether oxygens (including phenoxy) is 1. The molecular formula is C28H47N5O4S. The van der Waals surface area contributed by atoms with Crippen molar-refractivity contribution in [1.82, 2.24) is 14.5 Å². The molecule has 9 nitrogen and oxygen atoms in total. The second-order valence-electron chi connectivity index (χ2n) is 12.0. The monoisotopic (exact) mass is 549 g/mol. The smallest absolute Gasteiger partial charge is 0.410 e. The average molecular weight is 550 g/mol. The Hall–Kier alpha value is -2.04. The molecule has 214 valence electrons. The van der Waals surface area contributed by atoms with Gasteiger partial charge in [0.2, 0.25) is 10.0 Å². The first kappa shape index (κ1) is 29.0. The van der Waals surface area contributed by atoms with Gasteiger partial charge in [0.25, 0.3) is 0 Å². The maximum absolute atomic E-state index is 13.2. The van der Waals surface area contributed by atoms with Crippen LogP contribution in [-0.2, 0) is 14.8 Å². The normalized spacial score (nSPS) is 20.4. The van der Waals surface area contributed by atoms with Gasteiger partial charge in [0.05, 0.1) is 16.3 Å². The first-order valence-corrected chi connectivity index (χ1v) is 15.9. The number of sulfonamides is 1. The van der Waals surface area contributed by atoms with Gasteiger partial charge in [-0.2, -0.15) is 0 Å². The molecule has 1 aromatic carbocycles. The highest BCUT2D eigenvalue weighted by Crippen LogP contribution is 2.32. The summed E-state index contributed by atoms with van der Waals surface area (Å²) in [7, 11) is -3.64.